The van der Waals surface area contributed by atoms with Gasteiger partial charge >= 0.3 is 0 Å². The zero-order chi connectivity index (χ0) is 16.1. The summed E-state index contributed by atoms with van der Waals surface area (Å²) in [6.45, 7) is 2.03. The van der Waals surface area contributed by atoms with Crippen LogP contribution in [0.4, 0.5) is 17.6 Å². The van der Waals surface area contributed by atoms with Crippen LogP contribution in [0.2, 0.25) is 0 Å². The Morgan fingerprint density at radius 1 is 1.00 bits per heavy atom. The summed E-state index contributed by atoms with van der Waals surface area (Å²) in [4.78, 5) is 18.0. The number of anilines is 3. The average molecular weight is 324 g/mol. The number of para-hydroxylation sites is 1. The van der Waals surface area contributed by atoms with E-state index in [4.69, 9.17) is 5.73 Å². The molecule has 2 heterocycles. The molecule has 0 aliphatic heterocycles. The van der Waals surface area contributed by atoms with Gasteiger partial charge in [0.1, 0.15) is 5.82 Å². The van der Waals surface area contributed by atoms with E-state index in [0.717, 1.165) is 10.6 Å². The Morgan fingerprint density at radius 2 is 1.74 bits per heavy atom. The fourth-order valence-electron chi connectivity index (χ4n) is 1.97. The van der Waals surface area contributed by atoms with Crippen molar-refractivity contribution in [3.63, 3.8) is 0 Å². The molecule has 1 unspecified atom stereocenters. The van der Waals surface area contributed by atoms with Crippen LogP contribution in [0.25, 0.3) is 0 Å². The molecule has 0 radical (unpaired) electrons. The van der Waals surface area contributed by atoms with Crippen LogP contribution in [0.15, 0.2) is 59.8 Å². The Labute approximate surface area is 138 Å². The molecule has 0 aliphatic carbocycles. The van der Waals surface area contributed by atoms with E-state index in [1.165, 1.54) is 0 Å². The molecule has 3 aromatic rings. The van der Waals surface area contributed by atoms with Crippen LogP contribution in [-0.4, -0.2) is 19.9 Å². The summed E-state index contributed by atoms with van der Waals surface area (Å²) in [5.74, 6) is 1.29. The molecule has 0 spiro atoms. The number of hydrogen-bond acceptors (Lipinski definition) is 7. The number of aromatic nitrogens is 4. The van der Waals surface area contributed by atoms with Crippen LogP contribution in [0, 0.1) is 0 Å². The van der Waals surface area contributed by atoms with Crippen molar-refractivity contribution in [2.75, 3.05) is 11.1 Å². The second-order valence-electron chi connectivity index (χ2n) is 4.81. The van der Waals surface area contributed by atoms with Crippen LogP contribution in [0.5, 0.6) is 0 Å². The van der Waals surface area contributed by atoms with Crippen molar-refractivity contribution in [1.29, 1.82) is 0 Å². The molecular weight excluding hydrogens is 308 g/mol. The normalized spacial score (nSPS) is 11.9. The van der Waals surface area contributed by atoms with Gasteiger partial charge in [-0.2, -0.15) is 15.0 Å². The lowest BCUT2D eigenvalue weighted by molar-refractivity contribution is 0.896. The van der Waals surface area contributed by atoms with E-state index in [2.05, 4.69) is 25.3 Å². The number of nitrogens with zero attached hydrogens (tertiary/aromatic N) is 4. The van der Waals surface area contributed by atoms with E-state index in [9.17, 15) is 0 Å². The maximum atomic E-state index is 5.82. The van der Waals surface area contributed by atoms with Crippen LogP contribution < -0.4 is 11.1 Å². The molecule has 0 fully saturated rings. The first-order chi connectivity index (χ1) is 11.2. The van der Waals surface area contributed by atoms with Crippen LogP contribution >= 0.6 is 11.8 Å². The van der Waals surface area contributed by atoms with Crippen molar-refractivity contribution in [3.8, 4) is 0 Å². The van der Waals surface area contributed by atoms with Gasteiger partial charge in [0.05, 0.1) is 5.25 Å². The number of rotatable bonds is 5. The first-order valence-corrected chi connectivity index (χ1v) is 7.99. The summed E-state index contributed by atoms with van der Waals surface area (Å²) in [5.41, 5.74) is 6.72. The zero-order valence-corrected chi connectivity index (χ0v) is 13.4. The molecule has 3 N–H and O–H groups in total. The summed E-state index contributed by atoms with van der Waals surface area (Å²) < 4.78 is 0. The molecule has 23 heavy (non-hydrogen) atoms. The van der Waals surface area contributed by atoms with Crippen LogP contribution in [0.1, 0.15) is 18.0 Å². The highest BCUT2D eigenvalue weighted by molar-refractivity contribution is 7.99. The summed E-state index contributed by atoms with van der Waals surface area (Å²) in [6, 6.07) is 13.6. The van der Waals surface area contributed by atoms with Gasteiger partial charge in [-0.3, -0.25) is 4.98 Å². The molecule has 1 aromatic carbocycles. The van der Waals surface area contributed by atoms with Gasteiger partial charge in [0, 0.05) is 23.0 Å². The van der Waals surface area contributed by atoms with Crippen LogP contribution in [-0.2, 0) is 0 Å². The highest BCUT2D eigenvalue weighted by atomic mass is 32.2. The lowest BCUT2D eigenvalue weighted by Gasteiger charge is -2.12. The molecular formula is C16H16N6S. The topological polar surface area (TPSA) is 89.6 Å². The van der Waals surface area contributed by atoms with Gasteiger partial charge in [-0.25, -0.2) is 0 Å². The monoisotopic (exact) mass is 324 g/mol. The zero-order valence-electron chi connectivity index (χ0n) is 12.5. The minimum Gasteiger partial charge on any atom is -0.368 e. The van der Waals surface area contributed by atoms with Crippen molar-refractivity contribution in [2.45, 2.75) is 17.1 Å². The molecule has 116 valence electrons. The van der Waals surface area contributed by atoms with Gasteiger partial charge in [-0.05, 0) is 31.2 Å². The number of benzene rings is 1. The molecule has 0 saturated heterocycles. The summed E-state index contributed by atoms with van der Waals surface area (Å²) in [7, 11) is 0. The fourth-order valence-corrected chi connectivity index (χ4v) is 2.87. The smallest absolute Gasteiger partial charge is 0.232 e. The maximum absolute atomic E-state index is 5.82. The molecule has 0 bridgehead atoms. The van der Waals surface area contributed by atoms with Gasteiger partial charge in [-0.15, -0.1) is 11.8 Å². The lowest BCUT2D eigenvalue weighted by Crippen LogP contribution is -2.08. The van der Waals surface area contributed by atoms with E-state index in [-0.39, 0.29) is 11.2 Å². The van der Waals surface area contributed by atoms with Gasteiger partial charge in [-0.1, -0.05) is 18.2 Å². The Bertz CT molecular complexity index is 766. The molecule has 0 amide bonds. The molecule has 7 heteroatoms. The third-order valence-corrected chi connectivity index (χ3v) is 4.13. The Hall–Kier alpha value is -2.67. The standard InChI is InChI=1S/C16H16N6S/c1-11(23-13-7-9-18-10-8-13)14-20-15(17)22-16(21-14)19-12-5-3-2-4-6-12/h2-11H,1H3,(H3,17,19,20,21,22). The first kappa shape index (κ1) is 15.2. The minimum atomic E-state index is 0.0408. The van der Waals surface area contributed by atoms with E-state index < -0.39 is 0 Å². The quantitative estimate of drug-likeness (QED) is 0.695. The van der Waals surface area contributed by atoms with Gasteiger partial charge in [0.2, 0.25) is 11.9 Å². The maximum Gasteiger partial charge on any atom is 0.232 e. The third-order valence-electron chi connectivity index (χ3n) is 3.03. The Balaban J connectivity index is 1.79. The van der Waals surface area contributed by atoms with Crippen molar-refractivity contribution in [2.24, 2.45) is 0 Å². The van der Waals surface area contributed by atoms with Crippen molar-refractivity contribution < 1.29 is 0 Å². The van der Waals surface area contributed by atoms with E-state index in [0.29, 0.717) is 11.8 Å². The second kappa shape index (κ2) is 7.06. The fraction of sp³-hybridized carbons (Fsp3) is 0.125. The summed E-state index contributed by atoms with van der Waals surface area (Å²) >= 11 is 1.64. The SMILES string of the molecule is CC(Sc1ccncc1)c1nc(N)nc(Nc2ccccc2)n1. The lowest BCUT2D eigenvalue weighted by atomic mass is 10.3. The average Bonchev–Trinajstić information content (AvgIpc) is 2.56. The van der Waals surface area contributed by atoms with E-state index >= 15 is 0 Å². The minimum absolute atomic E-state index is 0.0408. The number of nitrogen functional groups attached to an aromatic ring is 1. The molecule has 6 nitrogen and oxygen atoms in total. The number of pyridine rings is 1. The largest absolute Gasteiger partial charge is 0.368 e. The van der Waals surface area contributed by atoms with Crippen molar-refractivity contribution >= 4 is 29.3 Å². The third kappa shape index (κ3) is 4.17. The highest BCUT2D eigenvalue weighted by Gasteiger charge is 2.13. The first-order valence-electron chi connectivity index (χ1n) is 7.11. The molecule has 2 aromatic heterocycles. The number of nitrogens with two attached hydrogens (primary N) is 1. The predicted octanol–water partition coefficient (Wildman–Crippen LogP) is 3.45. The number of hydrogen-bond donors (Lipinski definition) is 2. The van der Waals surface area contributed by atoms with Crippen LogP contribution in [0.3, 0.4) is 0 Å². The van der Waals surface area contributed by atoms with Crippen molar-refractivity contribution in [1.82, 2.24) is 19.9 Å². The van der Waals surface area contributed by atoms with Gasteiger partial charge < -0.3 is 11.1 Å². The van der Waals surface area contributed by atoms with Gasteiger partial charge in [0.25, 0.3) is 0 Å². The second-order valence-corrected chi connectivity index (χ2v) is 6.22. The number of thioether (sulfide) groups is 1. The Morgan fingerprint density at radius 3 is 2.48 bits per heavy atom. The summed E-state index contributed by atoms with van der Waals surface area (Å²) in [6.07, 6.45) is 3.53. The molecule has 3 rings (SSSR count). The number of nitrogens with one attached hydrogen (secondary N) is 1. The Kier molecular flexibility index (Phi) is 4.68. The molecule has 0 saturated carbocycles. The molecule has 1 atom stereocenters. The predicted molar refractivity (Wildman–Crippen MR) is 92.5 cm³/mol. The van der Waals surface area contributed by atoms with E-state index in [1.54, 1.807) is 24.2 Å². The van der Waals surface area contributed by atoms with Crippen molar-refractivity contribution in [3.05, 3.63) is 60.7 Å². The van der Waals surface area contributed by atoms with E-state index in [1.807, 2.05) is 49.4 Å². The highest BCUT2D eigenvalue weighted by Crippen LogP contribution is 2.33. The van der Waals surface area contributed by atoms with Gasteiger partial charge in [0.15, 0.2) is 0 Å². The summed E-state index contributed by atoms with van der Waals surface area (Å²) in [5, 5.41) is 3.18. The molecule has 0 aliphatic rings.